The average molecular weight is 245 g/mol. The zero-order valence-corrected chi connectivity index (χ0v) is 11.1. The van der Waals surface area contributed by atoms with Crippen molar-refractivity contribution in [2.75, 3.05) is 19.3 Å². The molecule has 0 N–H and O–H groups in total. The van der Waals surface area contributed by atoms with Crippen LogP contribution in [0.4, 0.5) is 4.79 Å². The van der Waals surface area contributed by atoms with Crippen molar-refractivity contribution in [1.82, 2.24) is 4.90 Å². The second-order valence-corrected chi connectivity index (χ2v) is 5.92. The summed E-state index contributed by atoms with van der Waals surface area (Å²) in [5.74, 6) is 0.115. The topological polar surface area (TPSA) is 46.6 Å². The van der Waals surface area contributed by atoms with E-state index in [2.05, 4.69) is 0 Å². The van der Waals surface area contributed by atoms with E-state index in [4.69, 9.17) is 4.74 Å². The zero-order valence-electron chi connectivity index (χ0n) is 10.3. The summed E-state index contributed by atoms with van der Waals surface area (Å²) in [6.07, 6.45) is 2.26. The summed E-state index contributed by atoms with van der Waals surface area (Å²) >= 11 is 1.55. The van der Waals surface area contributed by atoms with Crippen molar-refractivity contribution in [2.24, 2.45) is 0 Å². The first-order valence-corrected chi connectivity index (χ1v) is 6.65. The first-order chi connectivity index (χ1) is 7.33. The Morgan fingerprint density at radius 3 is 2.56 bits per heavy atom. The summed E-state index contributed by atoms with van der Waals surface area (Å²) in [6.45, 7) is 6.25. The van der Waals surface area contributed by atoms with E-state index in [1.54, 1.807) is 11.8 Å². The van der Waals surface area contributed by atoms with Gasteiger partial charge in [0.2, 0.25) is 0 Å². The third-order valence-corrected chi connectivity index (χ3v) is 3.37. The van der Waals surface area contributed by atoms with Crippen molar-refractivity contribution >= 4 is 23.6 Å². The molecule has 1 amide bonds. The molecule has 0 aliphatic carbocycles. The highest BCUT2D eigenvalue weighted by molar-refractivity contribution is 7.99. The van der Waals surface area contributed by atoms with E-state index in [-0.39, 0.29) is 23.7 Å². The minimum absolute atomic E-state index is 0.0405. The maximum atomic E-state index is 11.7. The molecular formula is C11H19NO3S. The summed E-state index contributed by atoms with van der Waals surface area (Å²) in [7, 11) is 0. The summed E-state index contributed by atoms with van der Waals surface area (Å²) in [4.78, 5) is 24.8. The Hall–Kier alpha value is -0.710. The molecule has 5 heteroatoms. The lowest BCUT2D eigenvalue weighted by molar-refractivity contribution is -0.121. The fraction of sp³-hybridized carbons (Fsp3) is 0.818. The molecule has 1 atom stereocenters. The number of rotatable bonds is 1. The molecule has 0 spiro atoms. The highest BCUT2D eigenvalue weighted by Gasteiger charge is 2.31. The second kappa shape index (κ2) is 5.08. The minimum atomic E-state index is -0.503. The molecule has 1 saturated heterocycles. The molecule has 0 aromatic heterocycles. The molecule has 92 valence electrons. The third kappa shape index (κ3) is 3.70. The number of hydrogen-bond donors (Lipinski definition) is 0. The van der Waals surface area contributed by atoms with Crippen LogP contribution in [0.25, 0.3) is 0 Å². The van der Waals surface area contributed by atoms with Gasteiger partial charge in [-0.3, -0.25) is 4.79 Å². The maximum absolute atomic E-state index is 11.7. The van der Waals surface area contributed by atoms with Crippen molar-refractivity contribution in [1.29, 1.82) is 0 Å². The van der Waals surface area contributed by atoms with Crippen molar-refractivity contribution in [3.05, 3.63) is 0 Å². The van der Waals surface area contributed by atoms with Crippen LogP contribution in [-0.2, 0) is 9.53 Å². The minimum Gasteiger partial charge on any atom is -0.444 e. The van der Waals surface area contributed by atoms with Crippen molar-refractivity contribution in [3.63, 3.8) is 0 Å². The number of ether oxygens (including phenoxy) is 1. The van der Waals surface area contributed by atoms with Crippen molar-refractivity contribution in [2.45, 2.75) is 38.0 Å². The van der Waals surface area contributed by atoms with Gasteiger partial charge in [0.25, 0.3) is 0 Å². The van der Waals surface area contributed by atoms with Crippen LogP contribution in [0.1, 0.15) is 27.2 Å². The number of hydrogen-bond acceptors (Lipinski definition) is 4. The molecule has 1 heterocycles. The molecule has 0 aromatic rings. The van der Waals surface area contributed by atoms with Crippen LogP contribution < -0.4 is 0 Å². The Balaban J connectivity index is 2.52. The van der Waals surface area contributed by atoms with Crippen LogP contribution in [0.2, 0.25) is 0 Å². The van der Waals surface area contributed by atoms with Crippen molar-refractivity contribution in [3.8, 4) is 0 Å². The van der Waals surface area contributed by atoms with Gasteiger partial charge in [0.1, 0.15) is 5.60 Å². The lowest BCUT2D eigenvalue weighted by Crippen LogP contribution is -2.47. The van der Waals surface area contributed by atoms with Gasteiger partial charge in [-0.2, -0.15) is 11.8 Å². The fourth-order valence-corrected chi connectivity index (χ4v) is 2.21. The number of likely N-dealkylation sites (tertiary alicyclic amines) is 1. The summed E-state index contributed by atoms with van der Waals surface area (Å²) in [5.41, 5.74) is -0.503. The van der Waals surface area contributed by atoms with E-state index in [0.29, 0.717) is 6.54 Å². The quantitative estimate of drug-likeness (QED) is 0.708. The number of Topliss-reactive ketones (excluding diaryl/α,β-unsaturated/α-hetero) is 1. The Bertz CT molecular complexity index is 285. The Morgan fingerprint density at radius 2 is 2.12 bits per heavy atom. The van der Waals surface area contributed by atoms with Gasteiger partial charge in [0, 0.05) is 6.54 Å². The standard InChI is InChI=1S/C11H19NO3S/c1-11(2,3)15-10(14)12-6-5-9(16-4)8(13)7-12/h9H,5-7H2,1-4H3. The van der Waals surface area contributed by atoms with Gasteiger partial charge in [-0.05, 0) is 33.4 Å². The average Bonchev–Trinajstić information content (AvgIpc) is 2.15. The van der Waals surface area contributed by atoms with Gasteiger partial charge < -0.3 is 9.64 Å². The van der Waals surface area contributed by atoms with E-state index in [0.717, 1.165) is 6.42 Å². The number of ketones is 1. The molecule has 1 unspecified atom stereocenters. The number of thioether (sulfide) groups is 1. The smallest absolute Gasteiger partial charge is 0.410 e. The van der Waals surface area contributed by atoms with Crippen LogP contribution in [0.15, 0.2) is 0 Å². The largest absolute Gasteiger partial charge is 0.444 e. The van der Waals surface area contributed by atoms with Gasteiger partial charge in [0.15, 0.2) is 5.78 Å². The van der Waals surface area contributed by atoms with Crippen LogP contribution in [0, 0.1) is 0 Å². The number of amides is 1. The summed E-state index contributed by atoms with van der Waals surface area (Å²) in [6, 6.07) is 0. The summed E-state index contributed by atoms with van der Waals surface area (Å²) < 4.78 is 5.22. The zero-order chi connectivity index (χ0) is 12.3. The van der Waals surface area contributed by atoms with Gasteiger partial charge in [-0.1, -0.05) is 0 Å². The highest BCUT2D eigenvalue weighted by atomic mass is 32.2. The van der Waals surface area contributed by atoms with E-state index in [1.807, 2.05) is 27.0 Å². The molecule has 16 heavy (non-hydrogen) atoms. The molecule has 4 nitrogen and oxygen atoms in total. The monoisotopic (exact) mass is 245 g/mol. The number of carbonyl (C=O) groups is 2. The number of piperidine rings is 1. The normalized spacial score (nSPS) is 22.1. The Morgan fingerprint density at radius 1 is 1.50 bits per heavy atom. The Kier molecular flexibility index (Phi) is 4.24. The Labute approximate surface area is 101 Å². The molecule has 1 aliphatic heterocycles. The van der Waals surface area contributed by atoms with Gasteiger partial charge >= 0.3 is 6.09 Å². The first-order valence-electron chi connectivity index (χ1n) is 5.37. The molecule has 0 saturated carbocycles. The fourth-order valence-electron chi connectivity index (χ4n) is 1.53. The molecule has 0 aromatic carbocycles. The lowest BCUT2D eigenvalue weighted by atomic mass is 10.1. The van der Waals surface area contributed by atoms with E-state index in [1.165, 1.54) is 4.90 Å². The maximum Gasteiger partial charge on any atom is 0.410 e. The predicted octanol–water partition coefficient (Wildman–Crippen LogP) is 1.93. The second-order valence-electron chi connectivity index (χ2n) is 4.88. The highest BCUT2D eigenvalue weighted by Crippen LogP contribution is 2.20. The van der Waals surface area contributed by atoms with E-state index in [9.17, 15) is 9.59 Å². The lowest BCUT2D eigenvalue weighted by Gasteiger charge is -2.31. The van der Waals surface area contributed by atoms with Crippen LogP contribution in [0.5, 0.6) is 0 Å². The molecule has 1 fully saturated rings. The van der Waals surface area contributed by atoms with Crippen LogP contribution in [0.3, 0.4) is 0 Å². The first kappa shape index (κ1) is 13.4. The van der Waals surface area contributed by atoms with Crippen LogP contribution in [-0.4, -0.2) is 47.0 Å². The molecule has 0 bridgehead atoms. The number of nitrogens with zero attached hydrogens (tertiary/aromatic N) is 1. The summed E-state index contributed by atoms with van der Waals surface area (Å²) in [5, 5.41) is 0.0405. The number of carbonyl (C=O) groups excluding carboxylic acids is 2. The van der Waals surface area contributed by atoms with Gasteiger partial charge in [-0.15, -0.1) is 0 Å². The third-order valence-electron chi connectivity index (χ3n) is 2.30. The van der Waals surface area contributed by atoms with Gasteiger partial charge in [0.05, 0.1) is 11.8 Å². The SMILES string of the molecule is CSC1CCN(C(=O)OC(C)(C)C)CC1=O. The molecule has 0 radical (unpaired) electrons. The van der Waals surface area contributed by atoms with E-state index >= 15 is 0 Å². The predicted molar refractivity (Wildman–Crippen MR) is 64.7 cm³/mol. The van der Waals surface area contributed by atoms with Crippen LogP contribution >= 0.6 is 11.8 Å². The molecule has 1 aliphatic rings. The van der Waals surface area contributed by atoms with E-state index < -0.39 is 5.60 Å². The van der Waals surface area contributed by atoms with Crippen molar-refractivity contribution < 1.29 is 14.3 Å². The molecule has 1 rings (SSSR count). The van der Waals surface area contributed by atoms with Gasteiger partial charge in [-0.25, -0.2) is 4.79 Å². The molecular weight excluding hydrogens is 226 g/mol.